The number of Topliss-reactive ketones (excluding diaryl/α,β-unsaturated/α-hetero) is 1. The fourth-order valence-electron chi connectivity index (χ4n) is 4.14. The summed E-state index contributed by atoms with van der Waals surface area (Å²) in [5, 5.41) is 12.1. The van der Waals surface area contributed by atoms with Crippen LogP contribution in [0.15, 0.2) is 66.2 Å². The quantitative estimate of drug-likeness (QED) is 0.229. The fraction of sp³-hybridized carbons (Fsp3) is 0.185. The number of amides is 1. The minimum absolute atomic E-state index is 0.122. The van der Waals surface area contributed by atoms with Gasteiger partial charge in [-0.3, -0.25) is 14.5 Å². The molecule has 0 saturated carbocycles. The summed E-state index contributed by atoms with van der Waals surface area (Å²) < 4.78 is 16.2. The number of carbonyl (C=O) groups excluding carboxylic acids is 2. The lowest BCUT2D eigenvalue weighted by atomic mass is 9.94. The first-order valence-electron chi connectivity index (χ1n) is 11.0. The van der Waals surface area contributed by atoms with Gasteiger partial charge in [0.15, 0.2) is 0 Å². The van der Waals surface area contributed by atoms with E-state index in [1.807, 2.05) is 6.92 Å². The van der Waals surface area contributed by atoms with Crippen LogP contribution in [0.1, 0.15) is 24.1 Å². The van der Waals surface area contributed by atoms with Gasteiger partial charge in [0.25, 0.3) is 11.7 Å². The number of halogens is 2. The van der Waals surface area contributed by atoms with Crippen LogP contribution in [0.4, 0.5) is 5.69 Å². The predicted octanol–water partition coefficient (Wildman–Crippen LogP) is 6.04. The molecule has 0 radical (unpaired) electrons. The van der Waals surface area contributed by atoms with E-state index >= 15 is 0 Å². The van der Waals surface area contributed by atoms with E-state index in [-0.39, 0.29) is 21.9 Å². The monoisotopic (exact) mass is 527 g/mol. The molecule has 0 aliphatic carbocycles. The summed E-state index contributed by atoms with van der Waals surface area (Å²) in [6, 6.07) is 15.5. The van der Waals surface area contributed by atoms with Crippen molar-refractivity contribution in [3.63, 3.8) is 0 Å². The van der Waals surface area contributed by atoms with Gasteiger partial charge in [-0.15, -0.1) is 0 Å². The zero-order chi connectivity index (χ0) is 26.0. The normalized spacial score (nSPS) is 16.8. The molecule has 0 aromatic heterocycles. The molecule has 0 spiro atoms. The summed E-state index contributed by atoms with van der Waals surface area (Å²) in [5.74, 6) is -1.01. The summed E-state index contributed by atoms with van der Waals surface area (Å²) in [6.45, 7) is 2.28. The second-order valence-corrected chi connectivity index (χ2v) is 8.68. The third-order valence-electron chi connectivity index (χ3n) is 5.77. The smallest absolute Gasteiger partial charge is 0.300 e. The highest BCUT2D eigenvalue weighted by molar-refractivity contribution is 6.51. The van der Waals surface area contributed by atoms with Crippen LogP contribution in [0.5, 0.6) is 17.2 Å². The van der Waals surface area contributed by atoms with Crippen molar-refractivity contribution in [2.45, 2.75) is 13.0 Å². The van der Waals surface area contributed by atoms with Crippen molar-refractivity contribution in [1.82, 2.24) is 0 Å². The van der Waals surface area contributed by atoms with E-state index in [2.05, 4.69) is 0 Å². The average Bonchev–Trinajstić information content (AvgIpc) is 3.14. The molecular formula is C27H23Cl2NO6. The summed E-state index contributed by atoms with van der Waals surface area (Å²) in [6.07, 6.45) is 0. The van der Waals surface area contributed by atoms with Gasteiger partial charge < -0.3 is 19.3 Å². The molecular weight excluding hydrogens is 505 g/mol. The molecule has 1 amide bonds. The Morgan fingerprint density at radius 3 is 2.31 bits per heavy atom. The number of aliphatic hydroxyl groups excluding tert-OH is 1. The summed E-state index contributed by atoms with van der Waals surface area (Å²) in [7, 11) is 2.86. The highest BCUT2D eigenvalue weighted by atomic mass is 35.5. The Morgan fingerprint density at radius 2 is 1.67 bits per heavy atom. The maximum absolute atomic E-state index is 13.4. The first-order chi connectivity index (χ1) is 17.3. The number of ether oxygens (including phenoxy) is 3. The van der Waals surface area contributed by atoms with Gasteiger partial charge in [0.05, 0.1) is 43.0 Å². The number of anilines is 1. The molecule has 0 bridgehead atoms. The zero-order valence-electron chi connectivity index (χ0n) is 19.7. The van der Waals surface area contributed by atoms with E-state index in [1.165, 1.54) is 31.3 Å². The van der Waals surface area contributed by atoms with Gasteiger partial charge in [-0.1, -0.05) is 41.4 Å². The molecule has 1 N–H and O–H groups in total. The van der Waals surface area contributed by atoms with Gasteiger partial charge in [0.1, 0.15) is 23.0 Å². The Bertz CT molecular complexity index is 1350. The van der Waals surface area contributed by atoms with Crippen LogP contribution in [0.2, 0.25) is 10.0 Å². The maximum Gasteiger partial charge on any atom is 0.300 e. The predicted molar refractivity (Wildman–Crippen MR) is 138 cm³/mol. The lowest BCUT2D eigenvalue weighted by Crippen LogP contribution is -2.29. The average molecular weight is 528 g/mol. The van der Waals surface area contributed by atoms with Crippen molar-refractivity contribution in [2.24, 2.45) is 0 Å². The molecule has 3 aromatic carbocycles. The van der Waals surface area contributed by atoms with E-state index in [1.54, 1.807) is 48.5 Å². The third-order valence-corrected chi connectivity index (χ3v) is 6.31. The van der Waals surface area contributed by atoms with E-state index in [0.29, 0.717) is 34.4 Å². The first-order valence-corrected chi connectivity index (χ1v) is 11.8. The molecule has 1 heterocycles. The van der Waals surface area contributed by atoms with Crippen LogP contribution >= 0.6 is 23.2 Å². The van der Waals surface area contributed by atoms with Gasteiger partial charge in [-0.25, -0.2) is 0 Å². The Balaban J connectivity index is 1.97. The van der Waals surface area contributed by atoms with Crippen LogP contribution in [-0.4, -0.2) is 37.6 Å². The van der Waals surface area contributed by atoms with E-state index in [4.69, 9.17) is 37.4 Å². The topological polar surface area (TPSA) is 85.3 Å². The van der Waals surface area contributed by atoms with Crippen molar-refractivity contribution in [2.75, 3.05) is 25.7 Å². The van der Waals surface area contributed by atoms with Crippen molar-refractivity contribution in [1.29, 1.82) is 0 Å². The second-order valence-electron chi connectivity index (χ2n) is 7.84. The maximum atomic E-state index is 13.4. The SMILES string of the molecule is CCOc1cccc(N2C(=O)C(=O)/C(=C(/O)c3cc(Cl)c(OC)cc3OC)C2c2ccc(Cl)cc2)c1. The molecule has 1 aliphatic rings. The minimum atomic E-state index is -0.954. The lowest BCUT2D eigenvalue weighted by Gasteiger charge is -2.26. The largest absolute Gasteiger partial charge is 0.507 e. The number of ketones is 1. The Morgan fingerprint density at radius 1 is 0.972 bits per heavy atom. The standard InChI is InChI=1S/C27H23Cl2NO6/c1-4-36-18-7-5-6-17(12-18)30-24(15-8-10-16(28)11-9-15)23(26(32)27(30)33)25(31)19-13-20(29)22(35-3)14-21(19)34-2/h5-14,24,31H,4H2,1-3H3/b25-23+. The van der Waals surface area contributed by atoms with Crippen LogP contribution in [0.3, 0.4) is 0 Å². The number of hydrogen-bond acceptors (Lipinski definition) is 6. The molecule has 7 nitrogen and oxygen atoms in total. The molecule has 36 heavy (non-hydrogen) atoms. The summed E-state index contributed by atoms with van der Waals surface area (Å²) in [4.78, 5) is 28.1. The Kier molecular flexibility index (Phi) is 7.43. The number of nitrogens with zero attached hydrogens (tertiary/aromatic N) is 1. The Hall–Kier alpha value is -3.68. The van der Waals surface area contributed by atoms with Crippen molar-refractivity contribution < 1.29 is 28.9 Å². The number of benzene rings is 3. The van der Waals surface area contributed by atoms with Gasteiger partial charge in [-0.05, 0) is 42.8 Å². The van der Waals surface area contributed by atoms with Crippen LogP contribution in [0, 0.1) is 0 Å². The number of aliphatic hydroxyl groups is 1. The van der Waals surface area contributed by atoms with Crippen LogP contribution in [-0.2, 0) is 9.59 Å². The van der Waals surface area contributed by atoms with E-state index in [9.17, 15) is 14.7 Å². The Labute approximate surface area is 218 Å². The lowest BCUT2D eigenvalue weighted by molar-refractivity contribution is -0.132. The van der Waals surface area contributed by atoms with Gasteiger partial charge in [0.2, 0.25) is 0 Å². The summed E-state index contributed by atoms with van der Waals surface area (Å²) in [5.41, 5.74) is 1.02. The van der Waals surface area contributed by atoms with E-state index < -0.39 is 23.5 Å². The molecule has 1 atom stereocenters. The molecule has 1 aliphatic heterocycles. The fourth-order valence-corrected chi connectivity index (χ4v) is 4.51. The number of methoxy groups -OCH3 is 2. The van der Waals surface area contributed by atoms with Crippen molar-refractivity contribution in [3.05, 3.63) is 87.4 Å². The molecule has 1 unspecified atom stereocenters. The highest BCUT2D eigenvalue weighted by Gasteiger charge is 2.47. The molecule has 9 heteroatoms. The molecule has 1 saturated heterocycles. The molecule has 4 rings (SSSR count). The van der Waals surface area contributed by atoms with Crippen molar-refractivity contribution in [3.8, 4) is 17.2 Å². The highest BCUT2D eigenvalue weighted by Crippen LogP contribution is 2.45. The van der Waals surface area contributed by atoms with E-state index in [0.717, 1.165) is 0 Å². The number of rotatable bonds is 7. The van der Waals surface area contributed by atoms with Crippen LogP contribution in [0.25, 0.3) is 5.76 Å². The molecule has 1 fully saturated rings. The number of carbonyl (C=O) groups is 2. The van der Waals surface area contributed by atoms with Gasteiger partial charge in [0, 0.05) is 22.8 Å². The second kappa shape index (κ2) is 10.5. The third kappa shape index (κ3) is 4.59. The van der Waals surface area contributed by atoms with Gasteiger partial charge >= 0.3 is 0 Å². The zero-order valence-corrected chi connectivity index (χ0v) is 21.3. The molecule has 3 aromatic rings. The summed E-state index contributed by atoms with van der Waals surface area (Å²) >= 11 is 12.4. The minimum Gasteiger partial charge on any atom is -0.507 e. The van der Waals surface area contributed by atoms with Crippen molar-refractivity contribution >= 4 is 46.3 Å². The molecule has 186 valence electrons. The number of hydrogen-bond donors (Lipinski definition) is 1. The van der Waals surface area contributed by atoms with Gasteiger partial charge in [-0.2, -0.15) is 0 Å². The first kappa shape index (κ1) is 25.4. The van der Waals surface area contributed by atoms with Crippen LogP contribution < -0.4 is 19.1 Å².